The number of hydrogen-bond donors (Lipinski definition) is 0. The molecule has 1 aliphatic carbocycles. The van der Waals surface area contributed by atoms with Gasteiger partial charge in [0, 0.05) is 37.8 Å². The van der Waals surface area contributed by atoms with Gasteiger partial charge in [0.1, 0.15) is 0 Å². The van der Waals surface area contributed by atoms with Gasteiger partial charge in [-0.2, -0.15) is 10.2 Å². The van der Waals surface area contributed by atoms with Gasteiger partial charge in [-0.1, -0.05) is 5.16 Å². The Morgan fingerprint density at radius 3 is 2.71 bits per heavy atom. The molecule has 0 spiro atoms. The molecule has 1 saturated carbocycles. The molecule has 124 valence electrons. The Hall–Kier alpha value is -2.39. The smallest absolute Gasteiger partial charge is 0.229 e. The van der Waals surface area contributed by atoms with Crippen molar-refractivity contribution in [2.24, 2.45) is 0 Å². The van der Waals surface area contributed by atoms with Crippen LogP contribution in [0.25, 0.3) is 0 Å². The van der Waals surface area contributed by atoms with Crippen molar-refractivity contribution in [1.29, 1.82) is 5.26 Å². The first-order valence-electron chi connectivity index (χ1n) is 8.62. The second-order valence-electron chi connectivity index (χ2n) is 6.60. The van der Waals surface area contributed by atoms with Gasteiger partial charge >= 0.3 is 0 Å². The minimum absolute atomic E-state index is 0.516. The highest BCUT2D eigenvalue weighted by atomic mass is 16.5. The van der Waals surface area contributed by atoms with Gasteiger partial charge < -0.3 is 9.42 Å². The minimum atomic E-state index is 0.516. The highest BCUT2D eigenvalue weighted by Gasteiger charge is 2.29. The molecule has 0 atom stereocenters. The predicted molar refractivity (Wildman–Crippen MR) is 89.5 cm³/mol. The fraction of sp³-hybridized carbons (Fsp3) is 0.500. The summed E-state index contributed by atoms with van der Waals surface area (Å²) in [6.07, 6.45) is 3.48. The van der Waals surface area contributed by atoms with Crippen LogP contribution in [0.15, 0.2) is 28.8 Å². The summed E-state index contributed by atoms with van der Waals surface area (Å²) in [6.45, 7) is 4.78. The van der Waals surface area contributed by atoms with Crippen LogP contribution in [-0.2, 0) is 6.54 Å². The van der Waals surface area contributed by atoms with E-state index in [0.29, 0.717) is 11.5 Å². The number of hydrogen-bond acceptors (Lipinski definition) is 6. The summed E-state index contributed by atoms with van der Waals surface area (Å²) < 4.78 is 5.35. The van der Waals surface area contributed by atoms with Crippen molar-refractivity contribution in [3.8, 4) is 6.07 Å². The standard InChI is InChI=1S/C18H21N5O/c19-12-14-2-6-16(7-3-14)23-9-1-8-22(10-11-23)13-17-20-18(24-21-17)15-4-5-15/h2-3,6-7,15H,1,4-5,8-11,13H2. The summed E-state index contributed by atoms with van der Waals surface area (Å²) in [4.78, 5) is 9.31. The average Bonchev–Trinajstić information content (AvgIpc) is 3.40. The Balaban J connectivity index is 1.35. The van der Waals surface area contributed by atoms with Crippen LogP contribution in [-0.4, -0.2) is 41.2 Å². The normalized spacial score (nSPS) is 19.0. The molecule has 0 radical (unpaired) electrons. The Bertz CT molecular complexity index is 729. The first-order valence-corrected chi connectivity index (χ1v) is 8.62. The van der Waals surface area contributed by atoms with E-state index in [9.17, 15) is 0 Å². The lowest BCUT2D eigenvalue weighted by Gasteiger charge is -2.23. The Labute approximate surface area is 141 Å². The van der Waals surface area contributed by atoms with Crippen molar-refractivity contribution < 1.29 is 4.52 Å². The number of anilines is 1. The molecule has 6 heteroatoms. The third-order valence-corrected chi connectivity index (χ3v) is 4.73. The number of nitriles is 1. The van der Waals surface area contributed by atoms with E-state index in [4.69, 9.17) is 9.78 Å². The quantitative estimate of drug-likeness (QED) is 0.861. The fourth-order valence-corrected chi connectivity index (χ4v) is 3.16. The molecule has 2 aliphatic rings. The second-order valence-corrected chi connectivity index (χ2v) is 6.60. The van der Waals surface area contributed by atoms with Gasteiger partial charge in [0.05, 0.1) is 18.2 Å². The van der Waals surface area contributed by atoms with Crippen LogP contribution in [0.1, 0.15) is 42.5 Å². The molecule has 2 fully saturated rings. The molecule has 0 bridgehead atoms. The van der Waals surface area contributed by atoms with Gasteiger partial charge in [-0.25, -0.2) is 0 Å². The largest absolute Gasteiger partial charge is 0.370 e. The highest BCUT2D eigenvalue weighted by molar-refractivity contribution is 5.49. The zero-order valence-electron chi connectivity index (χ0n) is 13.7. The summed E-state index contributed by atoms with van der Waals surface area (Å²) in [7, 11) is 0. The maximum absolute atomic E-state index is 8.91. The van der Waals surface area contributed by atoms with E-state index >= 15 is 0 Å². The van der Waals surface area contributed by atoms with Crippen molar-refractivity contribution in [2.45, 2.75) is 31.7 Å². The molecular formula is C18H21N5O. The van der Waals surface area contributed by atoms with Crippen molar-refractivity contribution >= 4 is 5.69 Å². The third-order valence-electron chi connectivity index (χ3n) is 4.73. The summed E-state index contributed by atoms with van der Waals surface area (Å²) in [5.74, 6) is 2.14. The fourth-order valence-electron chi connectivity index (χ4n) is 3.16. The van der Waals surface area contributed by atoms with Crippen molar-refractivity contribution in [1.82, 2.24) is 15.0 Å². The van der Waals surface area contributed by atoms with Crippen LogP contribution >= 0.6 is 0 Å². The van der Waals surface area contributed by atoms with E-state index in [2.05, 4.69) is 26.0 Å². The lowest BCUT2D eigenvalue weighted by molar-refractivity contribution is 0.271. The Kier molecular flexibility index (Phi) is 4.18. The van der Waals surface area contributed by atoms with Crippen LogP contribution in [0.4, 0.5) is 5.69 Å². The number of rotatable bonds is 4. The van der Waals surface area contributed by atoms with Crippen LogP contribution < -0.4 is 4.90 Å². The zero-order valence-corrected chi connectivity index (χ0v) is 13.7. The van der Waals surface area contributed by atoms with Crippen molar-refractivity contribution in [3.63, 3.8) is 0 Å². The summed E-state index contributed by atoms with van der Waals surface area (Å²) in [5, 5.41) is 13.0. The van der Waals surface area contributed by atoms with Gasteiger partial charge in [-0.3, -0.25) is 4.90 Å². The molecule has 0 unspecified atom stereocenters. The van der Waals surface area contributed by atoms with Gasteiger partial charge in [-0.15, -0.1) is 0 Å². The van der Waals surface area contributed by atoms with Crippen LogP contribution in [0.2, 0.25) is 0 Å². The lowest BCUT2D eigenvalue weighted by Crippen LogP contribution is -2.30. The molecule has 1 aliphatic heterocycles. The van der Waals surface area contributed by atoms with Gasteiger partial charge in [0.25, 0.3) is 0 Å². The van der Waals surface area contributed by atoms with Crippen molar-refractivity contribution in [2.75, 3.05) is 31.1 Å². The maximum Gasteiger partial charge on any atom is 0.229 e. The van der Waals surface area contributed by atoms with E-state index in [1.807, 2.05) is 24.3 Å². The molecule has 2 heterocycles. The maximum atomic E-state index is 8.91. The molecule has 1 aromatic carbocycles. The van der Waals surface area contributed by atoms with E-state index in [1.165, 1.54) is 18.5 Å². The molecule has 6 nitrogen and oxygen atoms in total. The van der Waals surface area contributed by atoms with Gasteiger partial charge in [-0.05, 0) is 43.5 Å². The highest BCUT2D eigenvalue weighted by Crippen LogP contribution is 2.38. The van der Waals surface area contributed by atoms with E-state index in [0.717, 1.165) is 50.9 Å². The molecular weight excluding hydrogens is 302 g/mol. The lowest BCUT2D eigenvalue weighted by atomic mass is 10.2. The third kappa shape index (κ3) is 3.41. The molecule has 1 saturated heterocycles. The Morgan fingerprint density at radius 2 is 1.96 bits per heavy atom. The van der Waals surface area contributed by atoms with Crippen LogP contribution in [0.3, 0.4) is 0 Å². The van der Waals surface area contributed by atoms with Gasteiger partial charge in [0.2, 0.25) is 5.89 Å². The molecule has 1 aromatic heterocycles. The average molecular weight is 323 g/mol. The predicted octanol–water partition coefficient (Wildman–Crippen LogP) is 2.53. The number of aromatic nitrogens is 2. The van der Waals surface area contributed by atoms with Gasteiger partial charge in [0.15, 0.2) is 5.82 Å². The number of benzene rings is 1. The summed E-state index contributed by atoms with van der Waals surface area (Å²) in [6, 6.07) is 10.0. The van der Waals surface area contributed by atoms with Crippen LogP contribution in [0, 0.1) is 11.3 Å². The zero-order chi connectivity index (χ0) is 16.4. The molecule has 2 aromatic rings. The molecule has 0 N–H and O–H groups in total. The summed E-state index contributed by atoms with van der Waals surface area (Å²) >= 11 is 0. The topological polar surface area (TPSA) is 69.2 Å². The molecule has 0 amide bonds. The van der Waals surface area contributed by atoms with Crippen molar-refractivity contribution in [3.05, 3.63) is 41.5 Å². The summed E-state index contributed by atoms with van der Waals surface area (Å²) in [5.41, 5.74) is 1.89. The second kappa shape index (κ2) is 6.62. The van der Waals surface area contributed by atoms with E-state index in [-0.39, 0.29) is 0 Å². The minimum Gasteiger partial charge on any atom is -0.370 e. The first kappa shape index (κ1) is 15.2. The Morgan fingerprint density at radius 1 is 1.12 bits per heavy atom. The molecule has 4 rings (SSSR count). The SMILES string of the molecule is N#Cc1ccc(N2CCCN(Cc3noc(C4CC4)n3)CC2)cc1. The van der Waals surface area contributed by atoms with Crippen LogP contribution in [0.5, 0.6) is 0 Å². The monoisotopic (exact) mass is 323 g/mol. The first-order chi connectivity index (χ1) is 11.8. The van der Waals surface area contributed by atoms with E-state index in [1.54, 1.807) is 0 Å². The van der Waals surface area contributed by atoms with E-state index < -0.39 is 0 Å². The molecule has 24 heavy (non-hydrogen) atoms. The number of nitrogens with zero attached hydrogens (tertiary/aromatic N) is 5.